The van der Waals surface area contributed by atoms with Crippen LogP contribution in [0.4, 0.5) is 5.69 Å². The maximum absolute atomic E-state index is 11.6. The molecule has 0 aliphatic carbocycles. The number of nitrogens with zero attached hydrogens (tertiary/aromatic N) is 1. The van der Waals surface area contributed by atoms with Crippen molar-refractivity contribution in [3.8, 4) is 0 Å². The van der Waals surface area contributed by atoms with Gasteiger partial charge in [0.1, 0.15) is 6.26 Å². The van der Waals surface area contributed by atoms with Crippen molar-refractivity contribution >= 4 is 23.2 Å². The van der Waals surface area contributed by atoms with E-state index < -0.39 is 0 Å². The molecular formula is C11H9ClN2O2. The van der Waals surface area contributed by atoms with Gasteiger partial charge in [-0.2, -0.15) is 0 Å². The molecule has 2 aromatic rings. The predicted molar refractivity (Wildman–Crippen MR) is 60.3 cm³/mol. The first-order valence-corrected chi connectivity index (χ1v) is 5.04. The van der Waals surface area contributed by atoms with Crippen molar-refractivity contribution in [3.05, 3.63) is 47.6 Å². The normalized spacial score (nSPS) is 10.1. The Bertz CT molecular complexity index is 482. The molecule has 0 atom stereocenters. The average Bonchev–Trinajstić information content (AvgIpc) is 2.70. The van der Waals surface area contributed by atoms with Crippen LogP contribution < -0.4 is 5.32 Å². The summed E-state index contributed by atoms with van der Waals surface area (Å²) in [5.74, 6) is -0.156. The van der Waals surface area contributed by atoms with Gasteiger partial charge in [0.2, 0.25) is 5.91 Å². The Kier molecular flexibility index (Phi) is 3.22. The van der Waals surface area contributed by atoms with E-state index in [1.165, 1.54) is 12.7 Å². The average molecular weight is 237 g/mol. The Morgan fingerprint density at radius 3 is 3.06 bits per heavy atom. The zero-order valence-electron chi connectivity index (χ0n) is 8.31. The molecule has 82 valence electrons. The first kappa shape index (κ1) is 10.7. The van der Waals surface area contributed by atoms with Crippen LogP contribution in [0.2, 0.25) is 5.02 Å². The van der Waals surface area contributed by atoms with Crippen molar-refractivity contribution in [2.45, 2.75) is 6.42 Å². The Morgan fingerprint density at radius 2 is 2.38 bits per heavy atom. The highest BCUT2D eigenvalue weighted by Crippen LogP contribution is 2.15. The monoisotopic (exact) mass is 236 g/mol. The highest BCUT2D eigenvalue weighted by atomic mass is 35.5. The fourth-order valence-electron chi connectivity index (χ4n) is 1.26. The van der Waals surface area contributed by atoms with Crippen LogP contribution >= 0.6 is 11.6 Å². The van der Waals surface area contributed by atoms with Gasteiger partial charge in [0, 0.05) is 10.7 Å². The van der Waals surface area contributed by atoms with Crippen LogP contribution in [0.5, 0.6) is 0 Å². The van der Waals surface area contributed by atoms with Crippen molar-refractivity contribution in [1.29, 1.82) is 0 Å². The number of carbonyl (C=O) groups is 1. The fourth-order valence-corrected chi connectivity index (χ4v) is 1.45. The molecule has 0 spiro atoms. The quantitative estimate of drug-likeness (QED) is 0.891. The third-order valence-corrected chi connectivity index (χ3v) is 2.17. The Labute approximate surface area is 97.2 Å². The molecule has 16 heavy (non-hydrogen) atoms. The van der Waals surface area contributed by atoms with E-state index in [0.717, 1.165) is 0 Å². The zero-order valence-corrected chi connectivity index (χ0v) is 9.07. The van der Waals surface area contributed by atoms with E-state index >= 15 is 0 Å². The van der Waals surface area contributed by atoms with Gasteiger partial charge in [-0.3, -0.25) is 4.79 Å². The van der Waals surface area contributed by atoms with E-state index in [2.05, 4.69) is 10.3 Å². The number of nitrogens with one attached hydrogen (secondary N) is 1. The van der Waals surface area contributed by atoms with Crippen molar-refractivity contribution in [2.24, 2.45) is 0 Å². The van der Waals surface area contributed by atoms with Gasteiger partial charge >= 0.3 is 0 Å². The standard InChI is InChI=1S/C11H9ClN2O2/c12-8-2-1-3-9(4-8)14-11(15)5-10-6-16-7-13-10/h1-4,6-7H,5H2,(H,14,15). The molecule has 0 aliphatic rings. The maximum atomic E-state index is 11.6. The lowest BCUT2D eigenvalue weighted by atomic mass is 10.3. The Balaban J connectivity index is 1.97. The van der Waals surface area contributed by atoms with E-state index in [1.54, 1.807) is 24.3 Å². The number of hydrogen-bond donors (Lipinski definition) is 1. The van der Waals surface area contributed by atoms with Gasteiger partial charge in [-0.1, -0.05) is 17.7 Å². The summed E-state index contributed by atoms with van der Waals surface area (Å²) >= 11 is 5.79. The molecule has 0 unspecified atom stereocenters. The molecule has 2 rings (SSSR count). The van der Waals surface area contributed by atoms with E-state index in [-0.39, 0.29) is 12.3 Å². The molecule has 1 heterocycles. The number of amides is 1. The molecule has 0 saturated heterocycles. The number of halogens is 1. The van der Waals surface area contributed by atoms with Crippen molar-refractivity contribution in [2.75, 3.05) is 5.32 Å². The number of benzene rings is 1. The zero-order chi connectivity index (χ0) is 11.4. The molecule has 4 nitrogen and oxygen atoms in total. The van der Waals surface area contributed by atoms with Gasteiger partial charge in [-0.25, -0.2) is 4.98 Å². The fraction of sp³-hybridized carbons (Fsp3) is 0.0909. The molecule has 1 aromatic heterocycles. The molecule has 0 radical (unpaired) electrons. The van der Waals surface area contributed by atoms with Gasteiger partial charge in [0.05, 0.1) is 12.1 Å². The molecule has 1 aromatic carbocycles. The van der Waals surface area contributed by atoms with Crippen molar-refractivity contribution in [3.63, 3.8) is 0 Å². The lowest BCUT2D eigenvalue weighted by Gasteiger charge is -2.03. The van der Waals surface area contributed by atoms with Crippen LogP contribution in [0.25, 0.3) is 0 Å². The number of aromatic nitrogens is 1. The summed E-state index contributed by atoms with van der Waals surface area (Å²) in [4.78, 5) is 15.4. The molecular weight excluding hydrogens is 228 g/mol. The summed E-state index contributed by atoms with van der Waals surface area (Å²) in [6.07, 6.45) is 2.92. The lowest BCUT2D eigenvalue weighted by molar-refractivity contribution is -0.115. The van der Waals surface area contributed by atoms with Crippen LogP contribution in [0.1, 0.15) is 5.69 Å². The minimum Gasteiger partial charge on any atom is -0.451 e. The van der Waals surface area contributed by atoms with E-state index in [1.807, 2.05) is 0 Å². The van der Waals surface area contributed by atoms with Crippen molar-refractivity contribution < 1.29 is 9.21 Å². The van der Waals surface area contributed by atoms with E-state index in [9.17, 15) is 4.79 Å². The maximum Gasteiger partial charge on any atom is 0.230 e. The highest BCUT2D eigenvalue weighted by molar-refractivity contribution is 6.30. The minimum absolute atomic E-state index is 0.156. The number of oxazole rings is 1. The highest BCUT2D eigenvalue weighted by Gasteiger charge is 2.06. The molecule has 0 fully saturated rings. The van der Waals surface area contributed by atoms with Gasteiger partial charge in [0.25, 0.3) is 0 Å². The third-order valence-electron chi connectivity index (χ3n) is 1.93. The second-order valence-corrected chi connectivity index (χ2v) is 3.65. The summed E-state index contributed by atoms with van der Waals surface area (Å²) in [6, 6.07) is 6.97. The van der Waals surface area contributed by atoms with E-state index in [4.69, 9.17) is 16.0 Å². The smallest absolute Gasteiger partial charge is 0.230 e. The van der Waals surface area contributed by atoms with Gasteiger partial charge < -0.3 is 9.73 Å². The molecule has 0 saturated carbocycles. The van der Waals surface area contributed by atoms with Crippen LogP contribution in [0, 0.1) is 0 Å². The van der Waals surface area contributed by atoms with Crippen molar-refractivity contribution in [1.82, 2.24) is 4.98 Å². The van der Waals surface area contributed by atoms with Gasteiger partial charge in [-0.05, 0) is 18.2 Å². The Morgan fingerprint density at radius 1 is 1.50 bits per heavy atom. The minimum atomic E-state index is -0.156. The van der Waals surface area contributed by atoms with Crippen LogP contribution in [-0.4, -0.2) is 10.9 Å². The molecule has 0 aliphatic heterocycles. The number of hydrogen-bond acceptors (Lipinski definition) is 3. The first-order chi connectivity index (χ1) is 7.74. The summed E-state index contributed by atoms with van der Waals surface area (Å²) < 4.78 is 4.77. The van der Waals surface area contributed by atoms with E-state index in [0.29, 0.717) is 16.4 Å². The topological polar surface area (TPSA) is 55.1 Å². The number of anilines is 1. The first-order valence-electron chi connectivity index (χ1n) is 4.66. The summed E-state index contributed by atoms with van der Waals surface area (Å²) in [5, 5.41) is 3.30. The summed E-state index contributed by atoms with van der Waals surface area (Å²) in [6.45, 7) is 0. The number of carbonyl (C=O) groups excluding carboxylic acids is 1. The van der Waals surface area contributed by atoms with Crippen LogP contribution in [-0.2, 0) is 11.2 Å². The van der Waals surface area contributed by atoms with Gasteiger partial charge in [-0.15, -0.1) is 0 Å². The molecule has 1 N–H and O–H groups in total. The number of rotatable bonds is 3. The molecule has 1 amide bonds. The molecule has 5 heteroatoms. The largest absolute Gasteiger partial charge is 0.451 e. The summed E-state index contributed by atoms with van der Waals surface area (Å²) in [5.41, 5.74) is 1.26. The van der Waals surface area contributed by atoms with Crippen LogP contribution in [0.3, 0.4) is 0 Å². The lowest BCUT2D eigenvalue weighted by Crippen LogP contribution is -2.14. The van der Waals surface area contributed by atoms with Gasteiger partial charge in [0.15, 0.2) is 6.39 Å². The Hall–Kier alpha value is -1.81. The van der Waals surface area contributed by atoms with Crippen LogP contribution in [0.15, 0.2) is 41.3 Å². The second-order valence-electron chi connectivity index (χ2n) is 3.22. The second kappa shape index (κ2) is 4.81. The SMILES string of the molecule is O=C(Cc1cocn1)Nc1cccc(Cl)c1. The third kappa shape index (κ3) is 2.84. The predicted octanol–water partition coefficient (Wildman–Crippen LogP) is 2.51. The molecule has 0 bridgehead atoms. The summed E-state index contributed by atoms with van der Waals surface area (Å²) in [7, 11) is 0.